The van der Waals surface area contributed by atoms with E-state index in [0.717, 1.165) is 6.07 Å². The van der Waals surface area contributed by atoms with Crippen molar-refractivity contribution in [1.29, 1.82) is 0 Å². The van der Waals surface area contributed by atoms with E-state index in [1.54, 1.807) is 0 Å². The summed E-state index contributed by atoms with van der Waals surface area (Å²) < 4.78 is 49.0. The van der Waals surface area contributed by atoms with Crippen molar-refractivity contribution in [2.24, 2.45) is 0 Å². The van der Waals surface area contributed by atoms with Gasteiger partial charge in [-0.2, -0.15) is 13.2 Å². The van der Waals surface area contributed by atoms with Crippen molar-refractivity contribution in [2.45, 2.75) is 10.4 Å². The third-order valence-electron chi connectivity index (χ3n) is 1.19. The summed E-state index contributed by atoms with van der Waals surface area (Å²) in [5.41, 5.74) is -4.42. The van der Waals surface area contributed by atoms with Crippen LogP contribution in [-0.4, -0.2) is 5.51 Å². The van der Waals surface area contributed by atoms with E-state index < -0.39 is 11.3 Å². The van der Waals surface area contributed by atoms with Crippen molar-refractivity contribution in [1.82, 2.24) is 0 Å². The molecule has 0 heterocycles. The van der Waals surface area contributed by atoms with Gasteiger partial charge in [-0.05, 0) is 39.8 Å². The second-order valence-corrected chi connectivity index (χ2v) is 5.06. The van der Waals surface area contributed by atoms with Gasteiger partial charge in [0.25, 0.3) is 0 Å². The summed E-state index contributed by atoms with van der Waals surface area (Å²) in [6.45, 7) is 0. The maximum absolute atomic E-state index is 13.0. The van der Waals surface area contributed by atoms with Crippen LogP contribution in [0.5, 0.6) is 0 Å². The van der Waals surface area contributed by atoms with Crippen LogP contribution in [0.3, 0.4) is 0 Å². The van der Waals surface area contributed by atoms with Crippen LogP contribution >= 0.6 is 43.6 Å². The van der Waals surface area contributed by atoms with Crippen LogP contribution in [0.25, 0.3) is 0 Å². The molecule has 0 nitrogen and oxygen atoms in total. The molecule has 1 aromatic carbocycles. The molecule has 7 heteroatoms. The Labute approximate surface area is 98.3 Å². The van der Waals surface area contributed by atoms with Crippen molar-refractivity contribution >= 4 is 43.6 Å². The maximum atomic E-state index is 13.0. The van der Waals surface area contributed by atoms with Crippen molar-refractivity contribution in [2.75, 3.05) is 0 Å². The molecule has 0 atom stereocenters. The molecule has 1 rings (SSSR count). The van der Waals surface area contributed by atoms with Gasteiger partial charge in [-0.1, -0.05) is 15.9 Å². The molecule has 0 amide bonds. The van der Waals surface area contributed by atoms with E-state index in [1.165, 1.54) is 6.07 Å². The van der Waals surface area contributed by atoms with Crippen LogP contribution in [0.15, 0.2) is 26.0 Å². The van der Waals surface area contributed by atoms with E-state index >= 15 is 0 Å². The van der Waals surface area contributed by atoms with Crippen molar-refractivity contribution < 1.29 is 17.6 Å². The van der Waals surface area contributed by atoms with Gasteiger partial charge in [-0.25, -0.2) is 4.39 Å². The van der Waals surface area contributed by atoms with Crippen LogP contribution in [0.4, 0.5) is 17.6 Å². The number of thioether (sulfide) groups is 1. The van der Waals surface area contributed by atoms with E-state index in [1.807, 2.05) is 0 Å². The number of halogens is 6. The van der Waals surface area contributed by atoms with Gasteiger partial charge in [-0.3, -0.25) is 0 Å². The Balaban J connectivity index is 3.09. The monoisotopic (exact) mass is 352 g/mol. The first-order chi connectivity index (χ1) is 6.29. The highest BCUT2D eigenvalue weighted by molar-refractivity contribution is 9.11. The van der Waals surface area contributed by atoms with Gasteiger partial charge in [0.2, 0.25) is 0 Å². The first-order valence-corrected chi connectivity index (χ1v) is 5.60. The summed E-state index contributed by atoms with van der Waals surface area (Å²) in [6.07, 6.45) is 0. The molecule has 0 saturated carbocycles. The third-order valence-corrected chi connectivity index (χ3v) is 3.48. The Kier molecular flexibility index (Phi) is 3.87. The fourth-order valence-corrected chi connectivity index (χ4v) is 2.41. The fourth-order valence-electron chi connectivity index (χ4n) is 0.731. The van der Waals surface area contributed by atoms with Gasteiger partial charge in [0, 0.05) is 9.37 Å². The Hall–Kier alpha value is 0.250. The van der Waals surface area contributed by atoms with Gasteiger partial charge >= 0.3 is 5.51 Å². The zero-order valence-corrected chi connectivity index (χ0v) is 10.3. The minimum Gasteiger partial charge on any atom is -0.206 e. The molecular weight excluding hydrogens is 352 g/mol. The lowest BCUT2D eigenvalue weighted by molar-refractivity contribution is -0.0328. The van der Waals surface area contributed by atoms with Gasteiger partial charge in [0.1, 0.15) is 5.82 Å². The Morgan fingerprint density at radius 2 is 1.71 bits per heavy atom. The summed E-state index contributed by atoms with van der Waals surface area (Å²) in [7, 11) is 0. The fraction of sp³-hybridized carbons (Fsp3) is 0.143. The van der Waals surface area contributed by atoms with Crippen LogP contribution in [0, 0.1) is 5.82 Å². The molecule has 0 N–H and O–H groups in total. The summed E-state index contributed by atoms with van der Waals surface area (Å²) in [5.74, 6) is -0.730. The second-order valence-electron chi connectivity index (χ2n) is 2.25. The molecule has 0 aliphatic rings. The van der Waals surface area contributed by atoms with Crippen LogP contribution in [0.1, 0.15) is 0 Å². The van der Waals surface area contributed by atoms with Crippen molar-refractivity contribution in [3.63, 3.8) is 0 Å². The lowest BCUT2D eigenvalue weighted by Gasteiger charge is -2.08. The summed E-state index contributed by atoms with van der Waals surface area (Å²) in [6, 6.07) is 2.29. The quantitative estimate of drug-likeness (QED) is 0.390. The Morgan fingerprint density at radius 3 is 2.21 bits per heavy atom. The van der Waals surface area contributed by atoms with Gasteiger partial charge in [-0.15, -0.1) is 0 Å². The van der Waals surface area contributed by atoms with Gasteiger partial charge in [0.15, 0.2) is 0 Å². The normalized spacial score (nSPS) is 11.9. The Bertz CT molecular complexity index is 350. The van der Waals surface area contributed by atoms with Crippen molar-refractivity contribution in [3.8, 4) is 0 Å². The molecule has 0 aliphatic carbocycles. The van der Waals surface area contributed by atoms with Crippen molar-refractivity contribution in [3.05, 3.63) is 26.9 Å². The molecule has 14 heavy (non-hydrogen) atoms. The smallest absolute Gasteiger partial charge is 0.206 e. The molecule has 1 aromatic rings. The molecule has 0 bridgehead atoms. The van der Waals surface area contributed by atoms with E-state index in [9.17, 15) is 17.6 Å². The van der Waals surface area contributed by atoms with E-state index in [-0.39, 0.29) is 25.6 Å². The van der Waals surface area contributed by atoms with Crippen LogP contribution in [0.2, 0.25) is 0 Å². The number of alkyl halides is 3. The number of benzene rings is 1. The molecular formula is C7H2Br2F4S. The molecule has 78 valence electrons. The predicted octanol–water partition coefficient (Wildman–Crippen LogP) is 4.96. The highest BCUT2D eigenvalue weighted by Crippen LogP contribution is 2.42. The minimum absolute atomic E-state index is 0.178. The molecule has 0 aliphatic heterocycles. The van der Waals surface area contributed by atoms with E-state index in [2.05, 4.69) is 31.9 Å². The van der Waals surface area contributed by atoms with Crippen LogP contribution < -0.4 is 0 Å². The Morgan fingerprint density at radius 1 is 1.14 bits per heavy atom. The average Bonchev–Trinajstić information content (AvgIpc) is 1.96. The molecule has 0 saturated heterocycles. The van der Waals surface area contributed by atoms with Gasteiger partial charge in [0.05, 0.1) is 4.47 Å². The number of hydrogen-bond acceptors (Lipinski definition) is 1. The molecule has 0 unspecified atom stereocenters. The predicted molar refractivity (Wildman–Crippen MR) is 53.7 cm³/mol. The topological polar surface area (TPSA) is 0 Å². The molecule has 0 aromatic heterocycles. The SMILES string of the molecule is Fc1cc(Br)cc(SC(F)(F)F)c1Br. The van der Waals surface area contributed by atoms with E-state index in [4.69, 9.17) is 0 Å². The highest BCUT2D eigenvalue weighted by Gasteiger charge is 2.30. The highest BCUT2D eigenvalue weighted by atomic mass is 79.9. The zero-order chi connectivity index (χ0) is 10.9. The maximum Gasteiger partial charge on any atom is 0.446 e. The molecule has 0 spiro atoms. The summed E-state index contributed by atoms with van der Waals surface area (Å²) in [4.78, 5) is -0.204. The zero-order valence-electron chi connectivity index (χ0n) is 6.33. The third kappa shape index (κ3) is 3.43. The number of hydrogen-bond donors (Lipinski definition) is 0. The largest absolute Gasteiger partial charge is 0.446 e. The lowest BCUT2D eigenvalue weighted by Crippen LogP contribution is -2.00. The summed E-state index contributed by atoms with van der Waals surface area (Å²) >= 11 is 5.30. The molecule has 0 fully saturated rings. The lowest BCUT2D eigenvalue weighted by atomic mass is 10.3. The average molecular weight is 354 g/mol. The van der Waals surface area contributed by atoms with Gasteiger partial charge < -0.3 is 0 Å². The number of rotatable bonds is 1. The first-order valence-electron chi connectivity index (χ1n) is 3.20. The minimum atomic E-state index is -4.42. The van der Waals surface area contributed by atoms with E-state index in [0.29, 0.717) is 0 Å². The summed E-state index contributed by atoms with van der Waals surface area (Å²) in [5, 5.41) is 0. The van der Waals surface area contributed by atoms with Crippen LogP contribution in [-0.2, 0) is 0 Å². The molecule has 0 radical (unpaired) electrons. The second kappa shape index (κ2) is 4.40. The first kappa shape index (κ1) is 12.3. The standard InChI is InChI=1S/C7H2Br2F4S/c8-3-1-4(10)6(9)5(2-3)14-7(11,12)13/h1-2H.